The number of likely N-dealkylation sites (tertiary alicyclic amines) is 1. The summed E-state index contributed by atoms with van der Waals surface area (Å²) in [6.45, 7) is 0.153. The van der Waals surface area contributed by atoms with Crippen molar-refractivity contribution in [2.45, 2.75) is 32.0 Å². The van der Waals surface area contributed by atoms with Crippen molar-refractivity contribution in [2.24, 2.45) is 0 Å². The predicted molar refractivity (Wildman–Crippen MR) is 109 cm³/mol. The molecule has 4 rings (SSSR count). The molecule has 9 heteroatoms. The Bertz CT molecular complexity index is 1210. The van der Waals surface area contributed by atoms with Gasteiger partial charge in [-0.25, -0.2) is 13.8 Å². The second kappa shape index (κ2) is 8.63. The Labute approximate surface area is 176 Å². The normalized spacial score (nSPS) is 16.5. The Morgan fingerprint density at radius 1 is 1.16 bits per heavy atom. The van der Waals surface area contributed by atoms with E-state index < -0.39 is 29.1 Å². The van der Waals surface area contributed by atoms with Gasteiger partial charge >= 0.3 is 0 Å². The van der Waals surface area contributed by atoms with Crippen molar-refractivity contribution >= 4 is 22.8 Å². The summed E-state index contributed by atoms with van der Waals surface area (Å²) < 4.78 is 28.4. The molecule has 1 fully saturated rings. The highest BCUT2D eigenvalue weighted by Gasteiger charge is 2.30. The van der Waals surface area contributed by atoms with E-state index in [1.54, 1.807) is 24.3 Å². The highest BCUT2D eigenvalue weighted by atomic mass is 19.1. The number of nitrogens with one attached hydrogen (secondary N) is 1. The van der Waals surface area contributed by atoms with Crippen LogP contribution in [0.5, 0.6) is 0 Å². The van der Waals surface area contributed by atoms with Crippen LogP contribution in [0.1, 0.15) is 18.4 Å². The third-order valence-electron chi connectivity index (χ3n) is 5.30. The molecule has 2 heterocycles. The minimum absolute atomic E-state index is 0.00817. The molecular weight excluding hydrogens is 406 g/mol. The zero-order chi connectivity index (χ0) is 22.0. The number of rotatable bonds is 5. The smallest absolute Gasteiger partial charge is 0.269 e. The van der Waals surface area contributed by atoms with E-state index in [1.165, 1.54) is 15.5 Å². The SMILES string of the molecule is O=C(Cn1c(=O)cnc2ccccc21)NC1CCCN(Cc2ccc(F)cc2F)C1=O. The summed E-state index contributed by atoms with van der Waals surface area (Å²) in [7, 11) is 0. The highest BCUT2D eigenvalue weighted by Crippen LogP contribution is 2.18. The molecule has 1 aliphatic heterocycles. The molecule has 1 aromatic heterocycles. The van der Waals surface area contributed by atoms with E-state index in [0.717, 1.165) is 18.3 Å². The number of para-hydroxylation sites is 2. The summed E-state index contributed by atoms with van der Waals surface area (Å²) in [5.74, 6) is -2.22. The van der Waals surface area contributed by atoms with Gasteiger partial charge in [-0.05, 0) is 31.0 Å². The molecule has 1 saturated heterocycles. The summed E-state index contributed by atoms with van der Waals surface area (Å²) in [6.07, 6.45) is 2.22. The third-order valence-corrected chi connectivity index (χ3v) is 5.30. The van der Waals surface area contributed by atoms with Gasteiger partial charge in [0.2, 0.25) is 11.8 Å². The molecule has 0 aliphatic carbocycles. The van der Waals surface area contributed by atoms with Crippen LogP contribution in [0.15, 0.2) is 53.5 Å². The number of nitrogens with zero attached hydrogens (tertiary/aromatic N) is 3. The molecule has 0 radical (unpaired) electrons. The average Bonchev–Trinajstić information content (AvgIpc) is 2.75. The Morgan fingerprint density at radius 3 is 2.77 bits per heavy atom. The molecule has 31 heavy (non-hydrogen) atoms. The lowest BCUT2D eigenvalue weighted by Crippen LogP contribution is -2.52. The Balaban J connectivity index is 1.45. The third kappa shape index (κ3) is 4.45. The van der Waals surface area contributed by atoms with Gasteiger partial charge in [0.25, 0.3) is 5.56 Å². The molecule has 7 nitrogen and oxygen atoms in total. The number of halogens is 2. The van der Waals surface area contributed by atoms with Crippen molar-refractivity contribution in [3.8, 4) is 0 Å². The van der Waals surface area contributed by atoms with Crippen molar-refractivity contribution in [2.75, 3.05) is 6.54 Å². The van der Waals surface area contributed by atoms with Crippen molar-refractivity contribution in [1.82, 2.24) is 19.8 Å². The average molecular weight is 426 g/mol. The number of hydrogen-bond acceptors (Lipinski definition) is 4. The van der Waals surface area contributed by atoms with Crippen molar-refractivity contribution in [1.29, 1.82) is 0 Å². The van der Waals surface area contributed by atoms with Crippen LogP contribution in [-0.2, 0) is 22.7 Å². The molecule has 2 amide bonds. The zero-order valence-corrected chi connectivity index (χ0v) is 16.6. The molecule has 1 N–H and O–H groups in total. The van der Waals surface area contributed by atoms with E-state index in [1.807, 2.05) is 0 Å². The largest absolute Gasteiger partial charge is 0.343 e. The molecule has 2 aromatic carbocycles. The number of carbonyl (C=O) groups excluding carboxylic acids is 2. The van der Waals surface area contributed by atoms with Crippen LogP contribution in [-0.4, -0.2) is 38.9 Å². The Hall–Kier alpha value is -3.62. The summed E-state index contributed by atoms with van der Waals surface area (Å²) in [6, 6.07) is 9.41. The van der Waals surface area contributed by atoms with Crippen LogP contribution in [0, 0.1) is 11.6 Å². The van der Waals surface area contributed by atoms with Crippen molar-refractivity contribution < 1.29 is 18.4 Å². The summed E-state index contributed by atoms with van der Waals surface area (Å²) in [5, 5.41) is 2.68. The van der Waals surface area contributed by atoms with E-state index in [2.05, 4.69) is 10.3 Å². The lowest BCUT2D eigenvalue weighted by molar-refractivity contribution is -0.139. The molecule has 1 unspecified atom stereocenters. The number of fused-ring (bicyclic) bond motifs is 1. The lowest BCUT2D eigenvalue weighted by atomic mass is 10.0. The first-order chi connectivity index (χ1) is 14.9. The van der Waals surface area contributed by atoms with Gasteiger partial charge in [0.05, 0.1) is 17.2 Å². The Kier molecular flexibility index (Phi) is 5.75. The minimum Gasteiger partial charge on any atom is -0.343 e. The van der Waals surface area contributed by atoms with E-state index in [9.17, 15) is 23.2 Å². The van der Waals surface area contributed by atoms with Gasteiger partial charge in [0, 0.05) is 24.7 Å². The van der Waals surface area contributed by atoms with E-state index in [0.29, 0.717) is 30.4 Å². The molecular formula is C22H20F2N4O3. The van der Waals surface area contributed by atoms with Crippen LogP contribution < -0.4 is 10.9 Å². The van der Waals surface area contributed by atoms with Gasteiger partial charge in [0.15, 0.2) is 0 Å². The molecule has 0 saturated carbocycles. The molecule has 1 aliphatic rings. The van der Waals surface area contributed by atoms with Gasteiger partial charge in [-0.1, -0.05) is 18.2 Å². The minimum atomic E-state index is -0.770. The van der Waals surface area contributed by atoms with Crippen LogP contribution in [0.25, 0.3) is 11.0 Å². The fraction of sp³-hybridized carbons (Fsp3) is 0.273. The van der Waals surface area contributed by atoms with Crippen molar-refractivity contribution in [3.05, 3.63) is 76.2 Å². The fourth-order valence-electron chi connectivity index (χ4n) is 3.75. The van der Waals surface area contributed by atoms with Gasteiger partial charge in [0.1, 0.15) is 24.2 Å². The van der Waals surface area contributed by atoms with Crippen LogP contribution >= 0.6 is 0 Å². The number of benzene rings is 2. The first kappa shape index (κ1) is 20.6. The standard InChI is InChI=1S/C22H20F2N4O3/c23-15-8-7-14(16(24)10-15)12-27-9-3-5-18(22(27)31)26-20(29)13-28-19-6-2-1-4-17(19)25-11-21(28)30/h1-2,4,6-8,10-11,18H,3,5,9,12-13H2,(H,26,29). The molecule has 160 valence electrons. The first-order valence-corrected chi connectivity index (χ1v) is 9.89. The second-order valence-corrected chi connectivity index (χ2v) is 7.43. The van der Waals surface area contributed by atoms with E-state index in [-0.39, 0.29) is 24.6 Å². The maximum absolute atomic E-state index is 14.0. The van der Waals surface area contributed by atoms with Crippen LogP contribution in [0.2, 0.25) is 0 Å². The molecule has 0 bridgehead atoms. The quantitative estimate of drug-likeness (QED) is 0.676. The number of aromatic nitrogens is 2. The molecule has 0 spiro atoms. The van der Waals surface area contributed by atoms with Crippen molar-refractivity contribution in [3.63, 3.8) is 0 Å². The maximum Gasteiger partial charge on any atom is 0.269 e. The Morgan fingerprint density at radius 2 is 1.97 bits per heavy atom. The predicted octanol–water partition coefficient (Wildman–Crippen LogP) is 1.98. The number of amides is 2. The monoisotopic (exact) mass is 426 g/mol. The fourth-order valence-corrected chi connectivity index (χ4v) is 3.75. The summed E-state index contributed by atoms with van der Waals surface area (Å²) >= 11 is 0. The van der Waals surface area contributed by atoms with Crippen LogP contribution in [0.3, 0.4) is 0 Å². The number of carbonyl (C=O) groups is 2. The number of piperidine rings is 1. The first-order valence-electron chi connectivity index (χ1n) is 9.89. The van der Waals surface area contributed by atoms with Gasteiger partial charge in [-0.2, -0.15) is 0 Å². The highest BCUT2D eigenvalue weighted by molar-refractivity contribution is 5.88. The summed E-state index contributed by atoms with van der Waals surface area (Å²) in [5.41, 5.74) is 0.887. The number of hydrogen-bond donors (Lipinski definition) is 1. The van der Waals surface area contributed by atoms with E-state index >= 15 is 0 Å². The van der Waals surface area contributed by atoms with Gasteiger partial charge < -0.3 is 10.2 Å². The second-order valence-electron chi connectivity index (χ2n) is 7.43. The maximum atomic E-state index is 14.0. The van der Waals surface area contributed by atoms with E-state index in [4.69, 9.17) is 0 Å². The van der Waals surface area contributed by atoms with Gasteiger partial charge in [-0.3, -0.25) is 19.0 Å². The zero-order valence-electron chi connectivity index (χ0n) is 16.6. The molecule has 3 aromatic rings. The summed E-state index contributed by atoms with van der Waals surface area (Å²) in [4.78, 5) is 43.1. The van der Waals surface area contributed by atoms with Crippen LogP contribution in [0.4, 0.5) is 8.78 Å². The van der Waals surface area contributed by atoms with Gasteiger partial charge in [-0.15, -0.1) is 0 Å². The molecule has 1 atom stereocenters. The topological polar surface area (TPSA) is 84.3 Å². The lowest BCUT2D eigenvalue weighted by Gasteiger charge is -2.32.